The molecule has 0 atom stereocenters. The molecule has 116 valence electrons. The van der Waals surface area contributed by atoms with Gasteiger partial charge in [0.25, 0.3) is 0 Å². The molecule has 0 spiro atoms. The molecular weight excluding hydrogens is 298 g/mol. The highest BCUT2D eigenvalue weighted by Gasteiger charge is 2.12. The van der Waals surface area contributed by atoms with Crippen LogP contribution in [-0.4, -0.2) is 50.4 Å². The Morgan fingerprint density at radius 2 is 1.95 bits per heavy atom. The van der Waals surface area contributed by atoms with Crippen LogP contribution in [0.5, 0.6) is 0 Å². The van der Waals surface area contributed by atoms with E-state index in [2.05, 4.69) is 4.98 Å². The van der Waals surface area contributed by atoms with Crippen molar-refractivity contribution in [2.75, 3.05) is 32.1 Å². The molecule has 0 aliphatic carbocycles. The summed E-state index contributed by atoms with van der Waals surface area (Å²) in [6.45, 7) is 1.09. The second kappa shape index (κ2) is 6.11. The number of hydrogen-bond acceptors (Lipinski definition) is 3. The van der Waals surface area contributed by atoms with Crippen LogP contribution in [0.15, 0.2) is 18.3 Å². The molecule has 2 aromatic rings. The first-order valence-electron chi connectivity index (χ1n) is 6.58. The van der Waals surface area contributed by atoms with Gasteiger partial charge < -0.3 is 9.88 Å². The average Bonchev–Trinajstić information content (AvgIpc) is 2.81. The standard InChI is InChI=1S/C14H18F2N2O2S/c1-18(7-8-21(2,19)20)6-5-10-9-17-14-11(10)3-4-12(15)13(14)16/h3-4,9,17H,5-8H2,1-2H3. The minimum atomic E-state index is -2.98. The molecule has 0 unspecified atom stereocenters. The minimum Gasteiger partial charge on any atom is -0.358 e. The van der Waals surface area contributed by atoms with Gasteiger partial charge in [-0.3, -0.25) is 0 Å². The molecule has 1 aromatic carbocycles. The third-order valence-corrected chi connectivity index (χ3v) is 4.36. The van der Waals surface area contributed by atoms with Crippen LogP contribution in [0.25, 0.3) is 10.9 Å². The molecule has 7 heteroatoms. The molecule has 0 bridgehead atoms. The van der Waals surface area contributed by atoms with E-state index in [9.17, 15) is 17.2 Å². The predicted molar refractivity (Wildman–Crippen MR) is 79.1 cm³/mol. The van der Waals surface area contributed by atoms with Gasteiger partial charge in [-0.15, -0.1) is 0 Å². The first-order valence-corrected chi connectivity index (χ1v) is 8.64. The van der Waals surface area contributed by atoms with E-state index in [1.807, 2.05) is 11.9 Å². The summed E-state index contributed by atoms with van der Waals surface area (Å²) in [5.74, 6) is -1.64. The lowest BCUT2D eigenvalue weighted by Crippen LogP contribution is -2.27. The number of halogens is 2. The monoisotopic (exact) mass is 316 g/mol. The van der Waals surface area contributed by atoms with Gasteiger partial charge in [0.05, 0.1) is 11.3 Å². The normalized spacial score (nSPS) is 12.4. The quantitative estimate of drug-likeness (QED) is 0.886. The van der Waals surface area contributed by atoms with Gasteiger partial charge >= 0.3 is 0 Å². The zero-order valence-electron chi connectivity index (χ0n) is 12.0. The Morgan fingerprint density at radius 1 is 1.24 bits per heavy atom. The molecular formula is C14H18F2N2O2S. The van der Waals surface area contributed by atoms with Gasteiger partial charge in [-0.25, -0.2) is 17.2 Å². The molecule has 1 N–H and O–H groups in total. The van der Waals surface area contributed by atoms with Gasteiger partial charge in [0, 0.05) is 30.9 Å². The number of rotatable bonds is 6. The summed E-state index contributed by atoms with van der Waals surface area (Å²) in [6, 6.07) is 2.67. The number of nitrogens with zero attached hydrogens (tertiary/aromatic N) is 1. The Bertz CT molecular complexity index is 741. The molecule has 0 aliphatic rings. The summed E-state index contributed by atoms with van der Waals surface area (Å²) in [7, 11) is -1.14. The zero-order valence-corrected chi connectivity index (χ0v) is 12.8. The third-order valence-electron chi connectivity index (χ3n) is 3.44. The highest BCUT2D eigenvalue weighted by molar-refractivity contribution is 7.90. The van der Waals surface area contributed by atoms with E-state index < -0.39 is 21.5 Å². The lowest BCUT2D eigenvalue weighted by molar-refractivity contribution is 0.358. The summed E-state index contributed by atoms with van der Waals surface area (Å²) in [4.78, 5) is 4.65. The SMILES string of the molecule is CN(CCc1c[nH]c2c(F)c(F)ccc12)CCS(C)(=O)=O. The van der Waals surface area contributed by atoms with Gasteiger partial charge in [-0.05, 0) is 31.2 Å². The Balaban J connectivity index is 2.03. The number of likely N-dealkylation sites (N-methyl/N-ethyl adjacent to an activating group) is 1. The van der Waals surface area contributed by atoms with Crippen molar-refractivity contribution in [3.05, 3.63) is 35.5 Å². The van der Waals surface area contributed by atoms with E-state index in [0.29, 0.717) is 24.9 Å². The van der Waals surface area contributed by atoms with Crippen LogP contribution in [-0.2, 0) is 16.3 Å². The first-order chi connectivity index (χ1) is 9.78. The predicted octanol–water partition coefficient (Wildman–Crippen LogP) is 1.97. The molecule has 0 aliphatic heterocycles. The van der Waals surface area contributed by atoms with Crippen LogP contribution < -0.4 is 0 Å². The van der Waals surface area contributed by atoms with Crippen LogP contribution >= 0.6 is 0 Å². The smallest absolute Gasteiger partial charge is 0.182 e. The molecule has 0 saturated carbocycles. The molecule has 2 rings (SSSR count). The van der Waals surface area contributed by atoms with Crippen LogP contribution in [0.4, 0.5) is 8.78 Å². The van der Waals surface area contributed by atoms with Gasteiger partial charge in [0.2, 0.25) is 0 Å². The molecule has 1 aromatic heterocycles. The second-order valence-corrected chi connectivity index (χ2v) is 7.54. The maximum Gasteiger partial charge on any atom is 0.182 e. The van der Waals surface area contributed by atoms with Gasteiger partial charge in [-0.1, -0.05) is 0 Å². The number of aromatic amines is 1. The Labute approximate surface area is 122 Å². The van der Waals surface area contributed by atoms with Gasteiger partial charge in [0.1, 0.15) is 9.84 Å². The first kappa shape index (κ1) is 15.9. The van der Waals surface area contributed by atoms with Crippen molar-refractivity contribution < 1.29 is 17.2 Å². The van der Waals surface area contributed by atoms with Crippen molar-refractivity contribution >= 4 is 20.7 Å². The van der Waals surface area contributed by atoms with Gasteiger partial charge in [-0.2, -0.15) is 0 Å². The summed E-state index contributed by atoms with van der Waals surface area (Å²) in [5, 5.41) is 0.658. The van der Waals surface area contributed by atoms with E-state index >= 15 is 0 Å². The van der Waals surface area contributed by atoms with E-state index in [1.54, 1.807) is 12.3 Å². The van der Waals surface area contributed by atoms with Crippen LogP contribution in [0.3, 0.4) is 0 Å². The van der Waals surface area contributed by atoms with Crippen molar-refractivity contribution in [1.29, 1.82) is 0 Å². The summed E-state index contributed by atoms with van der Waals surface area (Å²) in [5.41, 5.74) is 1.05. The van der Waals surface area contributed by atoms with Gasteiger partial charge in [0.15, 0.2) is 11.6 Å². The van der Waals surface area contributed by atoms with Crippen molar-refractivity contribution in [1.82, 2.24) is 9.88 Å². The molecule has 1 heterocycles. The maximum absolute atomic E-state index is 13.6. The maximum atomic E-state index is 13.6. The van der Waals surface area contributed by atoms with E-state index in [-0.39, 0.29) is 11.3 Å². The van der Waals surface area contributed by atoms with E-state index in [1.165, 1.54) is 6.26 Å². The topological polar surface area (TPSA) is 53.2 Å². The number of benzene rings is 1. The number of hydrogen-bond donors (Lipinski definition) is 1. The Hall–Kier alpha value is -1.47. The summed E-state index contributed by atoms with van der Waals surface area (Å²) < 4.78 is 48.9. The zero-order chi connectivity index (χ0) is 15.6. The minimum absolute atomic E-state index is 0.108. The number of nitrogens with one attached hydrogen (secondary N) is 1. The Morgan fingerprint density at radius 3 is 2.62 bits per heavy atom. The van der Waals surface area contributed by atoms with Crippen molar-refractivity contribution in [2.45, 2.75) is 6.42 Å². The van der Waals surface area contributed by atoms with Crippen LogP contribution in [0.1, 0.15) is 5.56 Å². The number of H-pyrrole nitrogens is 1. The van der Waals surface area contributed by atoms with Crippen LogP contribution in [0, 0.1) is 11.6 Å². The van der Waals surface area contributed by atoms with E-state index in [0.717, 1.165) is 11.6 Å². The summed E-state index contributed by atoms with van der Waals surface area (Å²) in [6.07, 6.45) is 3.50. The third kappa shape index (κ3) is 4.01. The highest BCUT2D eigenvalue weighted by Crippen LogP contribution is 2.23. The Kier molecular flexibility index (Phi) is 4.63. The lowest BCUT2D eigenvalue weighted by atomic mass is 10.1. The molecule has 0 saturated heterocycles. The number of aromatic nitrogens is 1. The lowest BCUT2D eigenvalue weighted by Gasteiger charge is -2.15. The van der Waals surface area contributed by atoms with Crippen molar-refractivity contribution in [2.24, 2.45) is 0 Å². The van der Waals surface area contributed by atoms with Crippen molar-refractivity contribution in [3.63, 3.8) is 0 Å². The average molecular weight is 316 g/mol. The molecule has 0 fully saturated rings. The molecule has 21 heavy (non-hydrogen) atoms. The summed E-state index contributed by atoms with van der Waals surface area (Å²) >= 11 is 0. The fraction of sp³-hybridized carbons (Fsp3) is 0.429. The van der Waals surface area contributed by atoms with Crippen LogP contribution in [0.2, 0.25) is 0 Å². The highest BCUT2D eigenvalue weighted by atomic mass is 32.2. The second-order valence-electron chi connectivity index (χ2n) is 5.28. The molecule has 0 amide bonds. The molecule has 4 nitrogen and oxygen atoms in total. The number of sulfone groups is 1. The van der Waals surface area contributed by atoms with E-state index in [4.69, 9.17) is 0 Å². The number of fused-ring (bicyclic) bond motifs is 1. The molecule has 0 radical (unpaired) electrons. The fourth-order valence-electron chi connectivity index (χ4n) is 2.15. The fourth-order valence-corrected chi connectivity index (χ4v) is 2.79. The largest absolute Gasteiger partial charge is 0.358 e. The van der Waals surface area contributed by atoms with Crippen molar-refractivity contribution in [3.8, 4) is 0 Å².